The van der Waals surface area contributed by atoms with Crippen LogP contribution in [-0.4, -0.2) is 37.4 Å². The van der Waals surface area contributed by atoms with Crippen LogP contribution < -0.4 is 10.1 Å². The van der Waals surface area contributed by atoms with Gasteiger partial charge in [-0.15, -0.1) is 0 Å². The van der Waals surface area contributed by atoms with Crippen molar-refractivity contribution in [2.45, 2.75) is 44.8 Å². The van der Waals surface area contributed by atoms with Crippen LogP contribution in [0.5, 0.6) is 5.88 Å². The van der Waals surface area contributed by atoms with Crippen molar-refractivity contribution in [3.05, 3.63) is 54.4 Å². The van der Waals surface area contributed by atoms with Crippen LogP contribution in [0.15, 0.2) is 43.0 Å². The topological polar surface area (TPSA) is 81.4 Å². The molecular weight excluding hydrogens is 330 g/mol. The number of hydrogen-bond acceptors (Lipinski definition) is 5. The summed E-state index contributed by atoms with van der Waals surface area (Å²) in [5, 5.41) is 3.16. The number of hydrogen-bond donors (Lipinski definition) is 1. The lowest BCUT2D eigenvalue weighted by Gasteiger charge is -2.29. The molecule has 1 aliphatic carbocycles. The molecule has 1 fully saturated rings. The first-order valence-corrected chi connectivity index (χ1v) is 8.88. The highest BCUT2D eigenvalue weighted by molar-refractivity contribution is 5.94. The van der Waals surface area contributed by atoms with Crippen molar-refractivity contribution in [1.29, 1.82) is 0 Å². The summed E-state index contributed by atoms with van der Waals surface area (Å²) >= 11 is 0. The third-order valence-corrected chi connectivity index (χ3v) is 4.76. The van der Waals surface area contributed by atoms with E-state index < -0.39 is 0 Å². The number of aromatic nitrogens is 4. The van der Waals surface area contributed by atoms with Crippen LogP contribution >= 0.6 is 0 Å². The monoisotopic (exact) mass is 351 g/mol. The molecule has 0 aromatic carbocycles. The van der Waals surface area contributed by atoms with Gasteiger partial charge in [0.15, 0.2) is 0 Å². The number of aryl methyl sites for hydroxylation is 1. The maximum absolute atomic E-state index is 12.8. The van der Waals surface area contributed by atoms with Crippen LogP contribution in [0.25, 0.3) is 5.65 Å². The van der Waals surface area contributed by atoms with Gasteiger partial charge in [0.05, 0.1) is 11.9 Å². The number of pyridine rings is 1. The molecule has 3 aromatic heterocycles. The second kappa shape index (κ2) is 7.11. The quantitative estimate of drug-likeness (QED) is 0.781. The van der Waals surface area contributed by atoms with Crippen LogP contribution in [0.4, 0.5) is 0 Å². The van der Waals surface area contributed by atoms with Crippen LogP contribution in [0.2, 0.25) is 0 Å². The van der Waals surface area contributed by atoms with Gasteiger partial charge >= 0.3 is 0 Å². The number of rotatable bonds is 4. The molecular formula is C19H21N5O2. The van der Waals surface area contributed by atoms with Crippen LogP contribution in [0, 0.1) is 6.92 Å². The molecule has 3 heterocycles. The van der Waals surface area contributed by atoms with Gasteiger partial charge in [0, 0.05) is 24.6 Å². The van der Waals surface area contributed by atoms with Crippen LogP contribution in [0.3, 0.4) is 0 Å². The van der Waals surface area contributed by atoms with Crippen LogP contribution in [0.1, 0.15) is 41.9 Å². The Labute approximate surface area is 151 Å². The fourth-order valence-corrected chi connectivity index (χ4v) is 3.48. The Hall–Kier alpha value is -2.96. The second-order valence-electron chi connectivity index (χ2n) is 6.58. The van der Waals surface area contributed by atoms with E-state index in [1.807, 2.05) is 35.7 Å². The summed E-state index contributed by atoms with van der Waals surface area (Å²) in [5.74, 6) is 0.487. The van der Waals surface area contributed by atoms with E-state index in [-0.39, 0.29) is 18.1 Å². The summed E-state index contributed by atoms with van der Waals surface area (Å²) < 4.78 is 7.70. The summed E-state index contributed by atoms with van der Waals surface area (Å²) in [6.45, 7) is 1.87. The third kappa shape index (κ3) is 3.37. The Morgan fingerprint density at radius 1 is 1.23 bits per heavy atom. The van der Waals surface area contributed by atoms with Gasteiger partial charge in [0.2, 0.25) is 5.88 Å². The average molecular weight is 351 g/mol. The zero-order chi connectivity index (χ0) is 17.9. The Bertz CT molecular complexity index is 901. The van der Waals surface area contributed by atoms with Gasteiger partial charge in [-0.1, -0.05) is 6.07 Å². The molecule has 1 amide bonds. The fourth-order valence-electron chi connectivity index (χ4n) is 3.48. The number of nitrogens with one attached hydrogen (secondary N) is 1. The van der Waals surface area contributed by atoms with E-state index in [1.54, 1.807) is 18.6 Å². The molecule has 4 rings (SSSR count). The molecule has 0 aliphatic heterocycles. The van der Waals surface area contributed by atoms with E-state index in [4.69, 9.17) is 4.74 Å². The minimum atomic E-state index is -0.0699. The lowest BCUT2D eigenvalue weighted by molar-refractivity contribution is 0.0883. The van der Waals surface area contributed by atoms with Crippen molar-refractivity contribution < 1.29 is 9.53 Å². The molecule has 0 unspecified atom stereocenters. The smallest absolute Gasteiger partial charge is 0.270 e. The van der Waals surface area contributed by atoms with Crippen molar-refractivity contribution in [2.75, 3.05) is 0 Å². The number of carbonyl (C=O) groups excluding carboxylic acids is 1. The van der Waals surface area contributed by atoms with Gasteiger partial charge in [0.25, 0.3) is 5.91 Å². The summed E-state index contributed by atoms with van der Waals surface area (Å²) in [5.41, 5.74) is 2.14. The van der Waals surface area contributed by atoms with E-state index in [2.05, 4.69) is 20.3 Å². The van der Waals surface area contributed by atoms with Crippen molar-refractivity contribution in [3.63, 3.8) is 0 Å². The van der Waals surface area contributed by atoms with Gasteiger partial charge in [0.1, 0.15) is 17.4 Å². The molecule has 7 heteroatoms. The summed E-state index contributed by atoms with van der Waals surface area (Å²) in [7, 11) is 0. The van der Waals surface area contributed by atoms with Crippen molar-refractivity contribution in [1.82, 2.24) is 24.7 Å². The Kier molecular flexibility index (Phi) is 4.51. The molecule has 0 radical (unpaired) electrons. The van der Waals surface area contributed by atoms with Crippen molar-refractivity contribution in [2.24, 2.45) is 0 Å². The lowest BCUT2D eigenvalue weighted by Crippen LogP contribution is -2.40. The first kappa shape index (κ1) is 16.5. The predicted molar refractivity (Wildman–Crippen MR) is 96.1 cm³/mol. The number of nitrogens with zero attached hydrogens (tertiary/aromatic N) is 4. The van der Waals surface area contributed by atoms with E-state index in [1.165, 1.54) is 0 Å². The molecule has 0 bridgehead atoms. The molecule has 7 nitrogen and oxygen atoms in total. The van der Waals surface area contributed by atoms with Gasteiger partial charge in [-0.2, -0.15) is 0 Å². The van der Waals surface area contributed by atoms with Gasteiger partial charge in [-0.05, 0) is 44.7 Å². The highest BCUT2D eigenvalue weighted by Gasteiger charge is 2.26. The molecule has 134 valence electrons. The van der Waals surface area contributed by atoms with E-state index in [0.717, 1.165) is 37.0 Å². The SMILES string of the molecule is Cc1nc2ccccn2c1C(=O)NC1CCC(Oc2cnccn2)CC1. The molecule has 0 atom stereocenters. The van der Waals surface area contributed by atoms with Crippen molar-refractivity contribution in [3.8, 4) is 5.88 Å². The number of amides is 1. The standard InChI is InChI=1S/C19H21N5O2/c1-13-18(24-11-3-2-4-16(24)22-13)19(25)23-14-5-7-15(8-6-14)26-17-12-20-9-10-21-17/h2-4,9-12,14-15H,5-8H2,1H3,(H,23,25). The summed E-state index contributed by atoms with van der Waals surface area (Å²) in [6, 6.07) is 5.87. The predicted octanol–water partition coefficient (Wildman–Crippen LogP) is 2.55. The van der Waals surface area contributed by atoms with Gasteiger partial charge in [-0.25, -0.2) is 9.97 Å². The molecule has 3 aromatic rings. The Balaban J connectivity index is 1.37. The zero-order valence-electron chi connectivity index (χ0n) is 14.6. The molecule has 26 heavy (non-hydrogen) atoms. The molecule has 1 saturated carbocycles. The Morgan fingerprint density at radius 2 is 2.08 bits per heavy atom. The molecule has 0 saturated heterocycles. The zero-order valence-corrected chi connectivity index (χ0v) is 14.6. The van der Waals surface area contributed by atoms with Gasteiger partial charge in [-0.3, -0.25) is 14.2 Å². The second-order valence-corrected chi connectivity index (χ2v) is 6.58. The summed E-state index contributed by atoms with van der Waals surface area (Å²) in [6.07, 6.45) is 10.4. The van der Waals surface area contributed by atoms with E-state index >= 15 is 0 Å². The highest BCUT2D eigenvalue weighted by Crippen LogP contribution is 2.23. The number of imidazole rings is 1. The number of carbonyl (C=O) groups is 1. The molecule has 1 aliphatic rings. The minimum absolute atomic E-state index is 0.0699. The molecule has 0 spiro atoms. The maximum Gasteiger partial charge on any atom is 0.270 e. The first-order chi connectivity index (χ1) is 12.7. The highest BCUT2D eigenvalue weighted by atomic mass is 16.5. The number of ether oxygens (including phenoxy) is 1. The fraction of sp³-hybridized carbons (Fsp3) is 0.368. The van der Waals surface area contributed by atoms with Crippen molar-refractivity contribution >= 4 is 11.6 Å². The first-order valence-electron chi connectivity index (χ1n) is 8.88. The Morgan fingerprint density at radius 3 is 2.85 bits per heavy atom. The largest absolute Gasteiger partial charge is 0.473 e. The minimum Gasteiger partial charge on any atom is -0.473 e. The normalized spacial score (nSPS) is 20.0. The van der Waals surface area contributed by atoms with E-state index in [9.17, 15) is 4.79 Å². The summed E-state index contributed by atoms with van der Waals surface area (Å²) in [4.78, 5) is 25.4. The number of fused-ring (bicyclic) bond motifs is 1. The van der Waals surface area contributed by atoms with E-state index in [0.29, 0.717) is 11.6 Å². The average Bonchev–Trinajstić information content (AvgIpc) is 3.00. The third-order valence-electron chi connectivity index (χ3n) is 4.76. The van der Waals surface area contributed by atoms with Gasteiger partial charge < -0.3 is 10.1 Å². The van der Waals surface area contributed by atoms with Crippen LogP contribution in [-0.2, 0) is 0 Å². The molecule has 1 N–H and O–H groups in total. The maximum atomic E-state index is 12.8. The lowest BCUT2D eigenvalue weighted by atomic mass is 9.93.